The molecule has 1 saturated carbocycles. The molecule has 3 aliphatic rings. The molecule has 6 nitrogen and oxygen atoms in total. The van der Waals surface area contributed by atoms with E-state index in [0.717, 1.165) is 34.9 Å². The molecular formula is C30H30BrNO5S. The molecule has 8 heteroatoms. The summed E-state index contributed by atoms with van der Waals surface area (Å²) in [6.45, 7) is 4.22. The Bertz CT molecular complexity index is 1510. The van der Waals surface area contributed by atoms with Crippen molar-refractivity contribution in [2.75, 3.05) is 11.4 Å². The third kappa shape index (κ3) is 3.75. The monoisotopic (exact) mass is 595 g/mol. The van der Waals surface area contributed by atoms with Crippen molar-refractivity contribution in [3.63, 3.8) is 0 Å². The molecule has 3 aromatic rings. The average molecular weight is 597 g/mol. The lowest BCUT2D eigenvalue weighted by Crippen LogP contribution is -2.56. The molecule has 0 N–H and O–H groups in total. The summed E-state index contributed by atoms with van der Waals surface area (Å²) in [5.41, 5.74) is 2.45. The molecular weight excluding hydrogens is 566 g/mol. The quantitative estimate of drug-likeness (QED) is 0.261. The van der Waals surface area contributed by atoms with Gasteiger partial charge in [0, 0.05) is 4.47 Å². The largest absolute Gasteiger partial charge is 0.469 e. The Balaban J connectivity index is 1.45. The molecule has 5 atom stereocenters. The van der Waals surface area contributed by atoms with Gasteiger partial charge in [0.05, 0.1) is 34.9 Å². The number of hydrogen-bond donors (Lipinski definition) is 0. The van der Waals surface area contributed by atoms with Crippen molar-refractivity contribution in [3.8, 4) is 0 Å². The number of aryl methyl sites for hydroxylation is 1. The van der Waals surface area contributed by atoms with E-state index in [1.165, 1.54) is 11.4 Å². The first-order valence-electron chi connectivity index (χ1n) is 12.8. The number of fused-ring (bicyclic) bond motifs is 4. The number of carbonyl (C=O) groups excluding carboxylic acids is 1. The van der Waals surface area contributed by atoms with Crippen LogP contribution in [0.3, 0.4) is 0 Å². The maximum atomic E-state index is 14.0. The Morgan fingerprint density at radius 3 is 2.42 bits per heavy atom. The number of carbonyl (C=O) groups is 1. The van der Waals surface area contributed by atoms with Gasteiger partial charge in [-0.2, -0.15) is 0 Å². The number of rotatable bonds is 5. The molecule has 0 aromatic heterocycles. The van der Waals surface area contributed by atoms with Crippen molar-refractivity contribution in [2.24, 2.45) is 11.3 Å². The highest BCUT2D eigenvalue weighted by Crippen LogP contribution is 2.63. The van der Waals surface area contributed by atoms with E-state index in [2.05, 4.69) is 28.9 Å². The number of benzene rings is 3. The SMILES string of the molecule is COC(=O)[C@@]1(C)[C@@H]2O[C@@H]2C[C@]2(C)c3ccc(N(c4ccccc4)S(=O)(=O)c4ccc(Br)cc4)cc3CC[C@@H]12. The van der Waals surface area contributed by atoms with Crippen LogP contribution in [0.25, 0.3) is 0 Å². The van der Waals surface area contributed by atoms with Gasteiger partial charge in [-0.25, -0.2) is 12.7 Å². The normalized spacial score (nSPS) is 29.4. The molecule has 1 heterocycles. The zero-order chi connectivity index (χ0) is 26.9. The van der Waals surface area contributed by atoms with Crippen LogP contribution in [0.5, 0.6) is 0 Å². The standard InChI is InChI=1S/C30H30BrNO5S/c1-29-18-25-27(37-25)30(2,28(33)36-3)26(29)16-9-19-17-22(12-15-24(19)29)32(21-7-5-4-6-8-21)38(34,35)23-13-10-20(31)11-14-23/h4-8,10-15,17,25-27H,9,16,18H2,1-3H3/t25-,26-,27-,29-,30-/m1/s1. The van der Waals surface area contributed by atoms with E-state index in [-0.39, 0.29) is 34.4 Å². The van der Waals surface area contributed by atoms with Crippen LogP contribution in [-0.2, 0) is 36.1 Å². The van der Waals surface area contributed by atoms with E-state index >= 15 is 0 Å². The summed E-state index contributed by atoms with van der Waals surface area (Å²) < 4.78 is 41.5. The van der Waals surface area contributed by atoms with Crippen molar-refractivity contribution in [1.82, 2.24) is 0 Å². The van der Waals surface area contributed by atoms with E-state index in [1.54, 1.807) is 36.4 Å². The Kier molecular flexibility index (Phi) is 6.01. The van der Waals surface area contributed by atoms with Crippen LogP contribution in [0.1, 0.15) is 37.8 Å². The number of ether oxygens (including phenoxy) is 2. The summed E-state index contributed by atoms with van der Waals surface area (Å²) in [4.78, 5) is 13.2. The van der Waals surface area contributed by atoms with Gasteiger partial charge in [-0.05, 0) is 97.2 Å². The molecule has 0 radical (unpaired) electrons. The molecule has 2 aliphatic carbocycles. The summed E-state index contributed by atoms with van der Waals surface area (Å²) in [6.07, 6.45) is 2.31. The molecule has 3 aromatic carbocycles. The highest BCUT2D eigenvalue weighted by atomic mass is 79.9. The van der Waals surface area contributed by atoms with Gasteiger partial charge in [0.1, 0.15) is 6.10 Å². The number of sulfonamides is 1. The number of para-hydroxylation sites is 1. The number of esters is 1. The second-order valence-corrected chi connectivity index (χ2v) is 13.7. The third-order valence-corrected chi connectivity index (χ3v) is 11.2. The Labute approximate surface area is 232 Å². The van der Waals surface area contributed by atoms with E-state index in [1.807, 2.05) is 37.3 Å². The molecule has 2 fully saturated rings. The van der Waals surface area contributed by atoms with Crippen LogP contribution in [0, 0.1) is 11.3 Å². The molecule has 198 valence electrons. The van der Waals surface area contributed by atoms with Gasteiger partial charge in [-0.3, -0.25) is 4.79 Å². The highest BCUT2D eigenvalue weighted by Gasteiger charge is 2.69. The molecule has 0 bridgehead atoms. The van der Waals surface area contributed by atoms with Gasteiger partial charge >= 0.3 is 5.97 Å². The summed E-state index contributed by atoms with van der Waals surface area (Å²) in [5.74, 6) is -0.141. The second-order valence-electron chi connectivity index (χ2n) is 11.0. The number of methoxy groups -OCH3 is 1. The summed E-state index contributed by atoms with van der Waals surface area (Å²) in [6, 6.07) is 21.8. The predicted octanol–water partition coefficient (Wildman–Crippen LogP) is 6.15. The fourth-order valence-corrected chi connectivity index (χ4v) is 8.86. The van der Waals surface area contributed by atoms with Gasteiger partial charge < -0.3 is 9.47 Å². The zero-order valence-corrected chi connectivity index (χ0v) is 24.0. The van der Waals surface area contributed by atoms with Crippen molar-refractivity contribution < 1.29 is 22.7 Å². The molecule has 1 aliphatic heterocycles. The van der Waals surface area contributed by atoms with E-state index in [9.17, 15) is 13.2 Å². The molecule has 0 spiro atoms. The van der Waals surface area contributed by atoms with Gasteiger partial charge in [0.15, 0.2) is 0 Å². The predicted molar refractivity (Wildman–Crippen MR) is 149 cm³/mol. The smallest absolute Gasteiger partial charge is 0.314 e. The zero-order valence-electron chi connectivity index (χ0n) is 21.6. The molecule has 38 heavy (non-hydrogen) atoms. The molecule has 0 unspecified atom stereocenters. The number of nitrogens with zero attached hydrogens (tertiary/aromatic N) is 1. The number of hydrogen-bond acceptors (Lipinski definition) is 5. The lowest BCUT2D eigenvalue weighted by Gasteiger charge is -2.52. The van der Waals surface area contributed by atoms with Gasteiger partial charge in [0.25, 0.3) is 10.0 Å². The highest BCUT2D eigenvalue weighted by molar-refractivity contribution is 9.10. The van der Waals surface area contributed by atoms with Crippen LogP contribution in [0.15, 0.2) is 82.2 Å². The van der Waals surface area contributed by atoms with Crippen LogP contribution in [-0.4, -0.2) is 33.7 Å². The van der Waals surface area contributed by atoms with Crippen LogP contribution >= 0.6 is 15.9 Å². The third-order valence-electron chi connectivity index (χ3n) is 8.90. The van der Waals surface area contributed by atoms with Crippen LogP contribution in [0.4, 0.5) is 11.4 Å². The van der Waals surface area contributed by atoms with Crippen LogP contribution in [0.2, 0.25) is 0 Å². The minimum atomic E-state index is -3.89. The lowest BCUT2D eigenvalue weighted by molar-refractivity contribution is -0.160. The van der Waals surface area contributed by atoms with Crippen LogP contribution < -0.4 is 4.31 Å². The fourth-order valence-electron chi connectivity index (χ4n) is 7.11. The Hall–Kier alpha value is -2.68. The van der Waals surface area contributed by atoms with E-state index < -0.39 is 15.4 Å². The minimum absolute atomic E-state index is 0.0320. The Morgan fingerprint density at radius 1 is 1.03 bits per heavy atom. The number of anilines is 2. The van der Waals surface area contributed by atoms with E-state index in [4.69, 9.17) is 9.47 Å². The minimum Gasteiger partial charge on any atom is -0.469 e. The maximum absolute atomic E-state index is 14.0. The first kappa shape index (κ1) is 25.6. The van der Waals surface area contributed by atoms with Crippen molar-refractivity contribution in [3.05, 3.63) is 88.4 Å². The number of epoxide rings is 1. The fraction of sp³-hybridized carbons (Fsp3) is 0.367. The van der Waals surface area contributed by atoms with E-state index in [0.29, 0.717) is 11.4 Å². The topological polar surface area (TPSA) is 76.2 Å². The van der Waals surface area contributed by atoms with Crippen molar-refractivity contribution in [2.45, 2.75) is 55.6 Å². The molecule has 6 rings (SSSR count). The van der Waals surface area contributed by atoms with Gasteiger partial charge in [-0.15, -0.1) is 0 Å². The van der Waals surface area contributed by atoms with Gasteiger partial charge in [-0.1, -0.05) is 47.1 Å². The molecule has 1 saturated heterocycles. The van der Waals surface area contributed by atoms with Crippen molar-refractivity contribution in [1.29, 1.82) is 0 Å². The second kappa shape index (κ2) is 8.93. The lowest BCUT2D eigenvalue weighted by atomic mass is 9.50. The summed E-state index contributed by atoms with van der Waals surface area (Å²) >= 11 is 3.40. The summed E-state index contributed by atoms with van der Waals surface area (Å²) in [5, 5.41) is 0. The first-order valence-corrected chi connectivity index (χ1v) is 15.1. The average Bonchev–Trinajstić information content (AvgIpc) is 3.68. The number of halogens is 1. The summed E-state index contributed by atoms with van der Waals surface area (Å²) in [7, 11) is -2.44. The Morgan fingerprint density at radius 2 is 1.74 bits per heavy atom. The maximum Gasteiger partial charge on any atom is 0.314 e. The first-order chi connectivity index (χ1) is 18.1. The van der Waals surface area contributed by atoms with Crippen molar-refractivity contribution >= 4 is 43.3 Å². The van der Waals surface area contributed by atoms with Gasteiger partial charge in [0.2, 0.25) is 0 Å². The molecule has 0 amide bonds.